The molecule has 0 atom stereocenters. The molecule has 0 radical (unpaired) electrons. The highest BCUT2D eigenvalue weighted by Gasteiger charge is 2.16. The molecule has 0 unspecified atom stereocenters. The molecule has 19 heavy (non-hydrogen) atoms. The summed E-state index contributed by atoms with van der Waals surface area (Å²) in [6, 6.07) is 4.44. The Labute approximate surface area is 112 Å². The van der Waals surface area contributed by atoms with Crippen molar-refractivity contribution in [3.63, 3.8) is 0 Å². The van der Waals surface area contributed by atoms with Crippen molar-refractivity contribution in [3.8, 4) is 0 Å². The number of carboxylic acids is 1. The smallest absolute Gasteiger partial charge is 0.354 e. The van der Waals surface area contributed by atoms with Gasteiger partial charge in [-0.25, -0.2) is 9.78 Å². The Bertz CT molecular complexity index is 468. The lowest BCUT2D eigenvalue weighted by molar-refractivity contribution is 0.0690. The average Bonchev–Trinajstić information content (AvgIpc) is 2.46. The molecule has 0 bridgehead atoms. The van der Waals surface area contributed by atoms with Crippen LogP contribution in [0.4, 0.5) is 0 Å². The van der Waals surface area contributed by atoms with Gasteiger partial charge in [0.05, 0.1) is 0 Å². The molecule has 2 rings (SSSR count). The number of carbonyl (C=O) groups is 2. The molecule has 5 nitrogen and oxygen atoms in total. The number of hydrogen-bond donors (Lipinski definition) is 2. The molecule has 0 aliphatic heterocycles. The summed E-state index contributed by atoms with van der Waals surface area (Å²) in [5, 5.41) is 11.7. The van der Waals surface area contributed by atoms with E-state index in [4.69, 9.17) is 5.11 Å². The second-order valence-corrected chi connectivity index (χ2v) is 4.93. The number of rotatable bonds is 4. The topological polar surface area (TPSA) is 79.3 Å². The molecule has 1 aromatic rings. The van der Waals surface area contributed by atoms with Gasteiger partial charge in [-0.2, -0.15) is 0 Å². The Balaban J connectivity index is 1.92. The molecule has 1 aliphatic carbocycles. The van der Waals surface area contributed by atoms with E-state index in [-0.39, 0.29) is 17.3 Å². The van der Waals surface area contributed by atoms with Crippen LogP contribution >= 0.6 is 0 Å². The van der Waals surface area contributed by atoms with E-state index < -0.39 is 5.97 Å². The molecular formula is C14H18N2O3. The lowest BCUT2D eigenvalue weighted by Gasteiger charge is -2.21. The molecule has 1 saturated carbocycles. The lowest BCUT2D eigenvalue weighted by atomic mass is 9.89. The third-order valence-electron chi connectivity index (χ3n) is 3.48. The van der Waals surface area contributed by atoms with Crippen LogP contribution in [0.15, 0.2) is 18.2 Å². The summed E-state index contributed by atoms with van der Waals surface area (Å²) in [6.45, 7) is 0.651. The lowest BCUT2D eigenvalue weighted by Crippen LogP contribution is -2.31. The Morgan fingerprint density at radius 2 is 1.89 bits per heavy atom. The second kappa shape index (κ2) is 6.31. The van der Waals surface area contributed by atoms with E-state index in [1.54, 1.807) is 0 Å². The van der Waals surface area contributed by atoms with Crippen LogP contribution in [0.25, 0.3) is 0 Å². The van der Waals surface area contributed by atoms with Gasteiger partial charge in [-0.1, -0.05) is 25.3 Å². The number of nitrogens with one attached hydrogen (secondary N) is 1. The first kappa shape index (κ1) is 13.5. The van der Waals surface area contributed by atoms with Gasteiger partial charge in [0.1, 0.15) is 11.4 Å². The molecule has 1 fully saturated rings. The first-order chi connectivity index (χ1) is 9.16. The summed E-state index contributed by atoms with van der Waals surface area (Å²) in [4.78, 5) is 26.5. The number of nitrogens with zero attached hydrogens (tertiary/aromatic N) is 1. The highest BCUT2D eigenvalue weighted by molar-refractivity contribution is 5.94. The highest BCUT2D eigenvalue weighted by Crippen LogP contribution is 2.22. The van der Waals surface area contributed by atoms with Gasteiger partial charge in [0.2, 0.25) is 0 Å². The predicted octanol–water partition coefficient (Wildman–Crippen LogP) is 2.09. The zero-order valence-corrected chi connectivity index (χ0v) is 10.8. The van der Waals surface area contributed by atoms with Crippen LogP contribution in [0, 0.1) is 5.92 Å². The fourth-order valence-corrected chi connectivity index (χ4v) is 2.40. The Morgan fingerprint density at radius 3 is 2.58 bits per heavy atom. The maximum absolute atomic E-state index is 11.9. The number of carbonyl (C=O) groups excluding carboxylic acids is 1. The largest absolute Gasteiger partial charge is 0.477 e. The predicted molar refractivity (Wildman–Crippen MR) is 70.1 cm³/mol. The number of aromatic carboxylic acids is 1. The quantitative estimate of drug-likeness (QED) is 0.870. The SMILES string of the molecule is O=C(O)c1cccc(C(=O)NCC2CCCCC2)n1. The van der Waals surface area contributed by atoms with E-state index in [1.807, 2.05) is 0 Å². The van der Waals surface area contributed by atoms with E-state index in [1.165, 1.54) is 37.5 Å². The van der Waals surface area contributed by atoms with Crippen molar-refractivity contribution >= 4 is 11.9 Å². The second-order valence-electron chi connectivity index (χ2n) is 4.93. The number of pyridine rings is 1. The molecule has 0 saturated heterocycles. The average molecular weight is 262 g/mol. The molecule has 1 aromatic heterocycles. The Morgan fingerprint density at radius 1 is 1.21 bits per heavy atom. The van der Waals surface area contributed by atoms with Gasteiger partial charge < -0.3 is 10.4 Å². The zero-order chi connectivity index (χ0) is 13.7. The third kappa shape index (κ3) is 3.77. The van der Waals surface area contributed by atoms with Gasteiger partial charge in [-0.05, 0) is 30.9 Å². The van der Waals surface area contributed by atoms with Crippen molar-refractivity contribution in [2.75, 3.05) is 6.54 Å². The molecule has 0 spiro atoms. The minimum atomic E-state index is -1.12. The molecule has 2 N–H and O–H groups in total. The van der Waals surface area contributed by atoms with Crippen molar-refractivity contribution in [3.05, 3.63) is 29.6 Å². The van der Waals surface area contributed by atoms with Gasteiger partial charge >= 0.3 is 5.97 Å². The Hall–Kier alpha value is -1.91. The maximum atomic E-state index is 11.9. The minimum absolute atomic E-state index is 0.106. The summed E-state index contributed by atoms with van der Waals surface area (Å²) < 4.78 is 0. The molecule has 102 valence electrons. The van der Waals surface area contributed by atoms with E-state index >= 15 is 0 Å². The molecule has 1 aliphatic rings. The summed E-state index contributed by atoms with van der Waals surface area (Å²) in [5.41, 5.74) is 0.0565. The normalized spacial score (nSPS) is 16.0. The van der Waals surface area contributed by atoms with Crippen molar-refractivity contribution < 1.29 is 14.7 Å². The minimum Gasteiger partial charge on any atom is -0.477 e. The van der Waals surface area contributed by atoms with Crippen molar-refractivity contribution in [1.29, 1.82) is 0 Å². The van der Waals surface area contributed by atoms with E-state index in [9.17, 15) is 9.59 Å². The summed E-state index contributed by atoms with van der Waals surface area (Å²) in [6.07, 6.45) is 6.05. The number of amides is 1. The first-order valence-electron chi connectivity index (χ1n) is 6.65. The zero-order valence-electron chi connectivity index (χ0n) is 10.8. The number of carboxylic acid groups (broad SMARTS) is 1. The van der Waals surface area contributed by atoms with E-state index in [0.29, 0.717) is 12.5 Å². The molecule has 5 heteroatoms. The molecular weight excluding hydrogens is 244 g/mol. The van der Waals surface area contributed by atoms with Gasteiger partial charge in [-0.3, -0.25) is 4.79 Å². The maximum Gasteiger partial charge on any atom is 0.354 e. The molecule has 1 amide bonds. The summed E-state index contributed by atoms with van der Waals surface area (Å²) in [5.74, 6) is -0.879. The van der Waals surface area contributed by atoms with Gasteiger partial charge in [0.25, 0.3) is 5.91 Å². The monoisotopic (exact) mass is 262 g/mol. The van der Waals surface area contributed by atoms with Crippen LogP contribution in [0.1, 0.15) is 53.1 Å². The van der Waals surface area contributed by atoms with Crippen LogP contribution in [0.2, 0.25) is 0 Å². The summed E-state index contributed by atoms with van der Waals surface area (Å²) >= 11 is 0. The fourth-order valence-electron chi connectivity index (χ4n) is 2.40. The van der Waals surface area contributed by atoms with Crippen molar-refractivity contribution in [2.24, 2.45) is 5.92 Å². The van der Waals surface area contributed by atoms with Crippen LogP contribution in [-0.4, -0.2) is 28.5 Å². The standard InChI is InChI=1S/C14H18N2O3/c17-13(15-9-10-5-2-1-3-6-10)11-7-4-8-12(16-11)14(18)19/h4,7-8,10H,1-3,5-6,9H2,(H,15,17)(H,18,19). The number of aromatic nitrogens is 1. The van der Waals surface area contributed by atoms with Crippen LogP contribution in [-0.2, 0) is 0 Å². The highest BCUT2D eigenvalue weighted by atomic mass is 16.4. The van der Waals surface area contributed by atoms with Crippen molar-refractivity contribution in [1.82, 2.24) is 10.3 Å². The van der Waals surface area contributed by atoms with Gasteiger partial charge in [0, 0.05) is 6.54 Å². The van der Waals surface area contributed by atoms with Gasteiger partial charge in [-0.15, -0.1) is 0 Å². The van der Waals surface area contributed by atoms with Crippen LogP contribution < -0.4 is 5.32 Å². The third-order valence-corrected chi connectivity index (χ3v) is 3.48. The van der Waals surface area contributed by atoms with Gasteiger partial charge in [0.15, 0.2) is 0 Å². The first-order valence-corrected chi connectivity index (χ1v) is 6.65. The van der Waals surface area contributed by atoms with Crippen LogP contribution in [0.5, 0.6) is 0 Å². The number of hydrogen-bond acceptors (Lipinski definition) is 3. The fraction of sp³-hybridized carbons (Fsp3) is 0.500. The molecule has 0 aromatic carbocycles. The summed E-state index contributed by atoms with van der Waals surface area (Å²) in [7, 11) is 0. The Kier molecular flexibility index (Phi) is 4.49. The van der Waals surface area contributed by atoms with Crippen LogP contribution in [0.3, 0.4) is 0 Å². The van der Waals surface area contributed by atoms with E-state index in [2.05, 4.69) is 10.3 Å². The van der Waals surface area contributed by atoms with Crippen molar-refractivity contribution in [2.45, 2.75) is 32.1 Å². The molecule has 1 heterocycles. The van der Waals surface area contributed by atoms with E-state index in [0.717, 1.165) is 12.8 Å².